The van der Waals surface area contributed by atoms with Crippen molar-refractivity contribution >= 4 is 23.2 Å². The summed E-state index contributed by atoms with van der Waals surface area (Å²) < 4.78 is 0. The Morgan fingerprint density at radius 2 is 2.14 bits per heavy atom. The van der Waals surface area contributed by atoms with Gasteiger partial charge < -0.3 is 14.9 Å². The molecule has 3 heterocycles. The summed E-state index contributed by atoms with van der Waals surface area (Å²) in [6.45, 7) is 2.58. The fraction of sp³-hybridized carbons (Fsp3) is 0.667. The Bertz CT molecular complexity index is 538. The molecule has 1 N–H and O–H groups in total. The number of carbonyl (C=O) groups excluding carboxylic acids is 2. The van der Waals surface area contributed by atoms with E-state index in [1.807, 2.05) is 4.90 Å². The summed E-state index contributed by atoms with van der Waals surface area (Å²) in [6.07, 6.45) is 3.28. The first-order valence-corrected chi connectivity index (χ1v) is 8.64. The number of thiazole rings is 1. The van der Waals surface area contributed by atoms with Gasteiger partial charge in [-0.05, 0) is 24.7 Å². The SMILES string of the molecule is O=C1CCC2(CCN(C(=O)c3cscn3)CC2)CN1CCO. The molecular weight excluding hydrogens is 302 g/mol. The fourth-order valence-corrected chi connectivity index (χ4v) is 4.03. The Kier molecular flexibility index (Phi) is 4.44. The Balaban J connectivity index is 1.61. The topological polar surface area (TPSA) is 73.7 Å². The lowest BCUT2D eigenvalue weighted by atomic mass is 9.72. The number of nitrogens with zero attached hydrogens (tertiary/aromatic N) is 3. The number of carbonyl (C=O) groups is 2. The quantitative estimate of drug-likeness (QED) is 0.900. The number of hydrogen-bond donors (Lipinski definition) is 1. The van der Waals surface area contributed by atoms with Gasteiger partial charge in [-0.25, -0.2) is 4.98 Å². The van der Waals surface area contributed by atoms with Gasteiger partial charge in [0.1, 0.15) is 5.69 Å². The molecule has 0 aromatic carbocycles. The smallest absolute Gasteiger partial charge is 0.273 e. The predicted molar refractivity (Wildman–Crippen MR) is 82.6 cm³/mol. The first-order valence-electron chi connectivity index (χ1n) is 7.70. The highest BCUT2D eigenvalue weighted by molar-refractivity contribution is 7.07. The number of β-amino-alcohol motifs (C(OH)–C–C–N with tert-alkyl or cyclic N) is 1. The van der Waals surface area contributed by atoms with Crippen molar-refractivity contribution in [3.63, 3.8) is 0 Å². The number of likely N-dealkylation sites (tertiary alicyclic amines) is 2. The van der Waals surface area contributed by atoms with Crippen molar-refractivity contribution < 1.29 is 14.7 Å². The monoisotopic (exact) mass is 323 g/mol. The first kappa shape index (κ1) is 15.4. The van der Waals surface area contributed by atoms with Gasteiger partial charge in [-0.2, -0.15) is 0 Å². The van der Waals surface area contributed by atoms with Gasteiger partial charge in [0.05, 0.1) is 12.1 Å². The van der Waals surface area contributed by atoms with E-state index < -0.39 is 0 Å². The lowest BCUT2D eigenvalue weighted by Crippen LogP contribution is -2.52. The van der Waals surface area contributed by atoms with E-state index in [1.165, 1.54) is 11.3 Å². The molecule has 0 bridgehead atoms. The summed E-state index contributed by atoms with van der Waals surface area (Å²) in [5, 5.41) is 10.9. The second-order valence-corrected chi connectivity index (χ2v) is 6.92. The van der Waals surface area contributed by atoms with Crippen LogP contribution in [-0.2, 0) is 4.79 Å². The number of aromatic nitrogens is 1. The molecule has 0 saturated carbocycles. The second kappa shape index (κ2) is 6.34. The zero-order valence-electron chi connectivity index (χ0n) is 12.5. The van der Waals surface area contributed by atoms with Crippen LogP contribution >= 0.6 is 11.3 Å². The maximum absolute atomic E-state index is 12.3. The van der Waals surface area contributed by atoms with Crippen LogP contribution < -0.4 is 0 Å². The number of hydrogen-bond acceptors (Lipinski definition) is 5. The van der Waals surface area contributed by atoms with Crippen LogP contribution in [0.15, 0.2) is 10.9 Å². The van der Waals surface area contributed by atoms with Gasteiger partial charge >= 0.3 is 0 Å². The van der Waals surface area contributed by atoms with Crippen LogP contribution in [0, 0.1) is 5.41 Å². The predicted octanol–water partition coefficient (Wildman–Crippen LogP) is 0.980. The van der Waals surface area contributed by atoms with Gasteiger partial charge in [-0.15, -0.1) is 11.3 Å². The van der Waals surface area contributed by atoms with Crippen LogP contribution in [0.2, 0.25) is 0 Å². The van der Waals surface area contributed by atoms with Crippen LogP contribution in [0.3, 0.4) is 0 Å². The molecule has 120 valence electrons. The van der Waals surface area contributed by atoms with Crippen molar-refractivity contribution in [1.82, 2.24) is 14.8 Å². The van der Waals surface area contributed by atoms with Crippen LogP contribution in [0.5, 0.6) is 0 Å². The van der Waals surface area contributed by atoms with Gasteiger partial charge in [-0.1, -0.05) is 0 Å². The van der Waals surface area contributed by atoms with Crippen molar-refractivity contribution in [3.8, 4) is 0 Å². The highest BCUT2D eigenvalue weighted by atomic mass is 32.1. The summed E-state index contributed by atoms with van der Waals surface area (Å²) in [4.78, 5) is 31.9. The van der Waals surface area contributed by atoms with Crippen molar-refractivity contribution in [1.29, 1.82) is 0 Å². The average Bonchev–Trinajstić information content (AvgIpc) is 3.06. The summed E-state index contributed by atoms with van der Waals surface area (Å²) in [5.74, 6) is 0.149. The zero-order chi connectivity index (χ0) is 15.6. The minimum absolute atomic E-state index is 0.00944. The van der Waals surface area contributed by atoms with Crippen LogP contribution in [0.4, 0.5) is 0 Å². The molecule has 1 aromatic rings. The molecule has 0 unspecified atom stereocenters. The molecule has 6 nitrogen and oxygen atoms in total. The lowest BCUT2D eigenvalue weighted by molar-refractivity contribution is -0.139. The van der Waals surface area contributed by atoms with Crippen molar-refractivity contribution in [3.05, 3.63) is 16.6 Å². The van der Waals surface area contributed by atoms with Crippen molar-refractivity contribution in [2.75, 3.05) is 32.8 Å². The van der Waals surface area contributed by atoms with E-state index >= 15 is 0 Å². The number of aliphatic hydroxyl groups excluding tert-OH is 1. The van der Waals surface area contributed by atoms with Gasteiger partial charge in [0, 0.05) is 38.0 Å². The molecule has 1 aromatic heterocycles. The third kappa shape index (κ3) is 3.01. The molecule has 3 rings (SSSR count). The van der Waals surface area contributed by atoms with Crippen LogP contribution in [-0.4, -0.2) is 64.5 Å². The minimum Gasteiger partial charge on any atom is -0.395 e. The van der Waals surface area contributed by atoms with Gasteiger partial charge in [0.25, 0.3) is 5.91 Å². The number of piperidine rings is 2. The first-order chi connectivity index (χ1) is 10.6. The van der Waals surface area contributed by atoms with E-state index in [1.54, 1.807) is 15.8 Å². The number of aliphatic hydroxyl groups is 1. The van der Waals surface area contributed by atoms with Crippen molar-refractivity contribution in [2.24, 2.45) is 5.41 Å². The van der Waals surface area contributed by atoms with Crippen LogP contribution in [0.1, 0.15) is 36.2 Å². The van der Waals surface area contributed by atoms with Gasteiger partial charge in [0.15, 0.2) is 0 Å². The standard InChI is InChI=1S/C15H21N3O3S/c19-8-7-18-10-15(2-1-13(18)20)3-5-17(6-4-15)14(21)12-9-22-11-16-12/h9,11,19H,1-8,10H2. The summed E-state index contributed by atoms with van der Waals surface area (Å²) in [5.41, 5.74) is 2.32. The van der Waals surface area contributed by atoms with Gasteiger partial charge in [-0.3, -0.25) is 9.59 Å². The Morgan fingerprint density at radius 1 is 1.36 bits per heavy atom. The third-order valence-corrected chi connectivity index (χ3v) is 5.47. The maximum atomic E-state index is 12.3. The fourth-order valence-electron chi connectivity index (χ4n) is 3.50. The van der Waals surface area contributed by atoms with E-state index in [9.17, 15) is 9.59 Å². The maximum Gasteiger partial charge on any atom is 0.273 e. The lowest BCUT2D eigenvalue weighted by Gasteiger charge is -2.47. The molecule has 0 radical (unpaired) electrons. The number of rotatable bonds is 3. The van der Waals surface area contributed by atoms with E-state index in [-0.39, 0.29) is 23.8 Å². The van der Waals surface area contributed by atoms with E-state index in [0.717, 1.165) is 32.4 Å². The summed E-state index contributed by atoms with van der Waals surface area (Å²) >= 11 is 1.43. The Morgan fingerprint density at radius 3 is 2.77 bits per heavy atom. The second-order valence-electron chi connectivity index (χ2n) is 6.20. The van der Waals surface area contributed by atoms with Crippen molar-refractivity contribution in [2.45, 2.75) is 25.7 Å². The summed E-state index contributed by atoms with van der Waals surface area (Å²) in [7, 11) is 0. The largest absolute Gasteiger partial charge is 0.395 e. The molecule has 2 amide bonds. The number of amides is 2. The molecular formula is C15H21N3O3S. The minimum atomic E-state index is 0.00944. The molecule has 0 atom stereocenters. The van der Waals surface area contributed by atoms with E-state index in [0.29, 0.717) is 25.2 Å². The molecule has 1 spiro atoms. The summed E-state index contributed by atoms with van der Waals surface area (Å²) in [6, 6.07) is 0. The molecule has 2 saturated heterocycles. The molecule has 7 heteroatoms. The third-order valence-electron chi connectivity index (χ3n) is 4.88. The van der Waals surface area contributed by atoms with E-state index in [2.05, 4.69) is 4.98 Å². The molecule has 22 heavy (non-hydrogen) atoms. The Hall–Kier alpha value is -1.47. The van der Waals surface area contributed by atoms with Crippen LogP contribution in [0.25, 0.3) is 0 Å². The molecule has 2 fully saturated rings. The molecule has 0 aliphatic carbocycles. The highest BCUT2D eigenvalue weighted by Crippen LogP contribution is 2.40. The molecule has 2 aliphatic rings. The Labute approximate surface area is 133 Å². The van der Waals surface area contributed by atoms with Gasteiger partial charge in [0.2, 0.25) is 5.91 Å². The normalized spacial score (nSPS) is 21.4. The highest BCUT2D eigenvalue weighted by Gasteiger charge is 2.41. The molecule has 2 aliphatic heterocycles. The zero-order valence-corrected chi connectivity index (χ0v) is 13.3. The average molecular weight is 323 g/mol. The van der Waals surface area contributed by atoms with E-state index in [4.69, 9.17) is 5.11 Å².